The average Bonchev–Trinajstić information content (AvgIpc) is 3.33. The van der Waals surface area contributed by atoms with E-state index >= 15 is 0 Å². The topological polar surface area (TPSA) is 83.2 Å². The number of ether oxygens (including phenoxy) is 1. The zero-order chi connectivity index (χ0) is 19.4. The fourth-order valence-corrected chi connectivity index (χ4v) is 4.45. The van der Waals surface area contributed by atoms with Gasteiger partial charge in [0.05, 0.1) is 22.4 Å². The smallest absolute Gasteiger partial charge is 0.348 e. The van der Waals surface area contributed by atoms with Crippen LogP contribution in [-0.2, 0) is 0 Å². The van der Waals surface area contributed by atoms with Crippen molar-refractivity contribution in [2.45, 2.75) is 26.4 Å². The Bertz CT molecular complexity index is 974. The standard InChI is InChI=1S/C20H18N2O3S2/c1-3-13(11-21)12(2)25-15-8-5-4-7-14(15)19-22-17(16-9-6-10-26-16)18(27-19)20(23)24/h4-10,12-13H,3H2,1-2H3,(H,23,24). The van der Waals surface area contributed by atoms with Crippen molar-refractivity contribution in [3.8, 4) is 33.0 Å². The van der Waals surface area contributed by atoms with Crippen LogP contribution >= 0.6 is 22.7 Å². The molecule has 3 aromatic rings. The number of nitrogens with zero attached hydrogens (tertiary/aromatic N) is 2. The first-order chi connectivity index (χ1) is 13.0. The largest absolute Gasteiger partial charge is 0.489 e. The molecule has 2 aromatic heterocycles. The first-order valence-corrected chi connectivity index (χ1v) is 10.2. The summed E-state index contributed by atoms with van der Waals surface area (Å²) in [4.78, 5) is 17.3. The number of nitriles is 1. The van der Waals surface area contributed by atoms with E-state index < -0.39 is 5.97 Å². The van der Waals surface area contributed by atoms with Gasteiger partial charge >= 0.3 is 5.97 Å². The number of benzene rings is 1. The van der Waals surface area contributed by atoms with Crippen molar-refractivity contribution < 1.29 is 14.6 Å². The third-order valence-electron chi connectivity index (χ3n) is 4.18. The zero-order valence-electron chi connectivity index (χ0n) is 14.9. The van der Waals surface area contributed by atoms with Crippen LogP contribution in [0.3, 0.4) is 0 Å². The summed E-state index contributed by atoms with van der Waals surface area (Å²) in [5, 5.41) is 21.3. The lowest BCUT2D eigenvalue weighted by Crippen LogP contribution is -2.22. The van der Waals surface area contributed by atoms with Crippen molar-refractivity contribution >= 4 is 28.6 Å². The van der Waals surface area contributed by atoms with Crippen LogP contribution in [0.5, 0.6) is 5.75 Å². The van der Waals surface area contributed by atoms with Gasteiger partial charge in [0.1, 0.15) is 27.4 Å². The quantitative estimate of drug-likeness (QED) is 0.564. The number of carboxylic acid groups (broad SMARTS) is 1. The van der Waals surface area contributed by atoms with E-state index in [1.807, 2.05) is 55.6 Å². The monoisotopic (exact) mass is 398 g/mol. The van der Waals surface area contributed by atoms with Crippen molar-refractivity contribution in [1.82, 2.24) is 4.98 Å². The summed E-state index contributed by atoms with van der Waals surface area (Å²) >= 11 is 2.59. The maximum atomic E-state index is 11.7. The number of para-hydroxylation sites is 1. The van der Waals surface area contributed by atoms with Crippen molar-refractivity contribution in [3.63, 3.8) is 0 Å². The number of thiazole rings is 1. The molecular formula is C20H18N2O3S2. The molecule has 0 saturated carbocycles. The van der Waals surface area contributed by atoms with E-state index in [2.05, 4.69) is 11.1 Å². The minimum absolute atomic E-state index is 0.207. The number of aromatic nitrogens is 1. The van der Waals surface area contributed by atoms with Gasteiger partial charge in [-0.3, -0.25) is 0 Å². The molecule has 0 bridgehead atoms. The third kappa shape index (κ3) is 4.02. The summed E-state index contributed by atoms with van der Waals surface area (Å²) < 4.78 is 6.04. The predicted octanol–water partition coefficient (Wildman–Crippen LogP) is 5.55. The van der Waals surface area contributed by atoms with Gasteiger partial charge in [0.2, 0.25) is 0 Å². The number of hydrogen-bond donors (Lipinski definition) is 1. The maximum Gasteiger partial charge on any atom is 0.348 e. The highest BCUT2D eigenvalue weighted by Gasteiger charge is 2.23. The second-order valence-corrected chi connectivity index (χ2v) is 7.89. The Kier molecular flexibility index (Phi) is 5.89. The Balaban J connectivity index is 2.02. The fourth-order valence-electron chi connectivity index (χ4n) is 2.72. The van der Waals surface area contributed by atoms with E-state index in [0.29, 0.717) is 22.9 Å². The Morgan fingerprint density at radius 1 is 1.33 bits per heavy atom. The Labute approximate surface area is 165 Å². The molecule has 0 aliphatic rings. The van der Waals surface area contributed by atoms with E-state index in [9.17, 15) is 15.2 Å². The average molecular weight is 399 g/mol. The number of hydrogen-bond acceptors (Lipinski definition) is 6. The number of aromatic carboxylic acids is 1. The van der Waals surface area contributed by atoms with Gasteiger partial charge in [0.25, 0.3) is 0 Å². The van der Waals surface area contributed by atoms with Gasteiger partial charge in [0.15, 0.2) is 0 Å². The molecule has 0 aliphatic heterocycles. The van der Waals surface area contributed by atoms with Crippen LogP contribution in [0.2, 0.25) is 0 Å². The highest BCUT2D eigenvalue weighted by atomic mass is 32.1. The fraction of sp³-hybridized carbons (Fsp3) is 0.250. The second kappa shape index (κ2) is 8.33. The summed E-state index contributed by atoms with van der Waals surface area (Å²) in [6, 6.07) is 13.4. The molecular weight excluding hydrogens is 380 g/mol. The van der Waals surface area contributed by atoms with Crippen LogP contribution in [0.4, 0.5) is 0 Å². The summed E-state index contributed by atoms with van der Waals surface area (Å²) in [6.45, 7) is 3.82. The van der Waals surface area contributed by atoms with E-state index in [1.54, 1.807) is 0 Å². The number of carboxylic acids is 1. The minimum atomic E-state index is -0.996. The summed E-state index contributed by atoms with van der Waals surface area (Å²) in [5.41, 5.74) is 1.20. The van der Waals surface area contributed by atoms with E-state index in [1.165, 1.54) is 11.3 Å². The van der Waals surface area contributed by atoms with Crippen LogP contribution in [0.1, 0.15) is 29.9 Å². The van der Waals surface area contributed by atoms with Crippen LogP contribution in [0.15, 0.2) is 41.8 Å². The van der Waals surface area contributed by atoms with E-state index in [4.69, 9.17) is 4.74 Å². The molecule has 7 heteroatoms. The van der Waals surface area contributed by atoms with Crippen molar-refractivity contribution in [2.24, 2.45) is 5.92 Å². The van der Waals surface area contributed by atoms with E-state index in [-0.39, 0.29) is 16.9 Å². The second-order valence-electron chi connectivity index (χ2n) is 5.94. The molecule has 2 atom stereocenters. The molecule has 0 saturated heterocycles. The number of thiophene rings is 1. The molecule has 0 radical (unpaired) electrons. The van der Waals surface area contributed by atoms with Crippen LogP contribution in [0, 0.1) is 17.2 Å². The van der Waals surface area contributed by atoms with Crippen molar-refractivity contribution in [3.05, 3.63) is 46.7 Å². The number of carbonyl (C=O) groups is 1. The molecule has 0 aliphatic carbocycles. The predicted molar refractivity (Wildman–Crippen MR) is 107 cm³/mol. The van der Waals surface area contributed by atoms with Crippen molar-refractivity contribution in [1.29, 1.82) is 5.26 Å². The van der Waals surface area contributed by atoms with Gasteiger partial charge < -0.3 is 9.84 Å². The first-order valence-electron chi connectivity index (χ1n) is 8.48. The highest BCUT2D eigenvalue weighted by Crippen LogP contribution is 2.39. The van der Waals surface area contributed by atoms with Gasteiger partial charge in [0, 0.05) is 0 Å². The molecule has 138 valence electrons. The first kappa shape index (κ1) is 19.1. The Morgan fingerprint density at radius 2 is 2.11 bits per heavy atom. The van der Waals surface area contributed by atoms with Gasteiger partial charge in [-0.25, -0.2) is 9.78 Å². The van der Waals surface area contributed by atoms with Crippen LogP contribution in [-0.4, -0.2) is 22.2 Å². The van der Waals surface area contributed by atoms with E-state index in [0.717, 1.165) is 21.8 Å². The summed E-state index contributed by atoms with van der Waals surface area (Å²) in [5.74, 6) is -0.614. The molecule has 1 aromatic carbocycles. The number of rotatable bonds is 7. The molecule has 0 fully saturated rings. The Hall–Kier alpha value is -2.69. The van der Waals surface area contributed by atoms with Gasteiger partial charge in [-0.05, 0) is 36.9 Å². The molecule has 0 spiro atoms. The summed E-state index contributed by atoms with van der Waals surface area (Å²) in [6.07, 6.45) is 0.416. The minimum Gasteiger partial charge on any atom is -0.489 e. The summed E-state index contributed by atoms with van der Waals surface area (Å²) in [7, 11) is 0. The molecule has 0 amide bonds. The Morgan fingerprint density at radius 3 is 2.74 bits per heavy atom. The van der Waals surface area contributed by atoms with Gasteiger partial charge in [-0.1, -0.05) is 25.1 Å². The molecule has 1 N–H and O–H groups in total. The molecule has 5 nitrogen and oxygen atoms in total. The lowest BCUT2D eigenvalue weighted by Gasteiger charge is -2.19. The highest BCUT2D eigenvalue weighted by molar-refractivity contribution is 7.18. The molecule has 2 heterocycles. The normalized spacial score (nSPS) is 12.9. The lowest BCUT2D eigenvalue weighted by atomic mass is 10.0. The van der Waals surface area contributed by atoms with Crippen LogP contribution < -0.4 is 4.74 Å². The molecule has 2 unspecified atom stereocenters. The third-order valence-corrected chi connectivity index (χ3v) is 6.13. The molecule has 27 heavy (non-hydrogen) atoms. The van der Waals surface area contributed by atoms with Crippen molar-refractivity contribution in [2.75, 3.05) is 0 Å². The lowest BCUT2D eigenvalue weighted by molar-refractivity contribution is 0.0702. The zero-order valence-corrected chi connectivity index (χ0v) is 16.5. The van der Waals surface area contributed by atoms with Gasteiger partial charge in [-0.2, -0.15) is 5.26 Å². The van der Waals surface area contributed by atoms with Gasteiger partial charge in [-0.15, -0.1) is 22.7 Å². The molecule has 3 rings (SSSR count). The maximum absolute atomic E-state index is 11.7. The van der Waals surface area contributed by atoms with Crippen LogP contribution in [0.25, 0.3) is 21.1 Å². The SMILES string of the molecule is CCC(C#N)C(C)Oc1ccccc1-c1nc(-c2cccs2)c(C(=O)O)s1.